The van der Waals surface area contributed by atoms with Gasteiger partial charge in [-0.1, -0.05) is 24.3 Å². The quantitative estimate of drug-likeness (QED) is 0.558. The second-order valence-electron chi connectivity index (χ2n) is 5.43. The molecule has 0 fully saturated rings. The Hall–Kier alpha value is -3.48. The third-order valence-corrected chi connectivity index (χ3v) is 3.72. The van der Waals surface area contributed by atoms with Crippen molar-refractivity contribution >= 4 is 0 Å². The molecule has 0 saturated heterocycles. The first-order valence-electron chi connectivity index (χ1n) is 7.77. The Morgan fingerprint density at radius 3 is 2.76 bits per heavy atom. The summed E-state index contributed by atoms with van der Waals surface area (Å²) in [5.41, 5.74) is 2.54. The van der Waals surface area contributed by atoms with Gasteiger partial charge in [-0.05, 0) is 41.6 Å². The van der Waals surface area contributed by atoms with Crippen LogP contribution in [0.5, 0.6) is 5.75 Å². The third-order valence-electron chi connectivity index (χ3n) is 3.72. The summed E-state index contributed by atoms with van der Waals surface area (Å²) in [4.78, 5) is 4.54. The van der Waals surface area contributed by atoms with Crippen LogP contribution in [0.4, 0.5) is 0 Å². The summed E-state index contributed by atoms with van der Waals surface area (Å²) in [5, 5.41) is 11.1. The minimum absolute atomic E-state index is 0.321. The standard InChI is InChI=1S/C18H15N5O2/c1-13-17(20-18(25-13)14-6-3-2-4-7-14)11-24-16-9-5-8-15(10-16)23-12-19-21-22-23/h2-10,12H,11H2,1H3. The van der Waals surface area contributed by atoms with E-state index >= 15 is 0 Å². The number of tetrazole rings is 1. The van der Waals surface area contributed by atoms with Gasteiger partial charge < -0.3 is 9.15 Å². The molecule has 0 N–H and O–H groups in total. The average molecular weight is 333 g/mol. The summed E-state index contributed by atoms with van der Waals surface area (Å²) in [6.45, 7) is 2.21. The van der Waals surface area contributed by atoms with E-state index in [1.165, 1.54) is 6.33 Å². The van der Waals surface area contributed by atoms with Crippen LogP contribution in [-0.2, 0) is 6.61 Å². The SMILES string of the molecule is Cc1oc(-c2ccccc2)nc1COc1cccc(-n2cnnn2)c1. The lowest BCUT2D eigenvalue weighted by atomic mass is 10.2. The highest BCUT2D eigenvalue weighted by molar-refractivity contribution is 5.53. The van der Waals surface area contributed by atoms with Crippen LogP contribution in [0.25, 0.3) is 17.1 Å². The van der Waals surface area contributed by atoms with E-state index in [1.54, 1.807) is 4.68 Å². The Morgan fingerprint density at radius 2 is 1.96 bits per heavy atom. The second-order valence-corrected chi connectivity index (χ2v) is 5.43. The van der Waals surface area contributed by atoms with E-state index in [2.05, 4.69) is 20.5 Å². The van der Waals surface area contributed by atoms with Gasteiger partial charge >= 0.3 is 0 Å². The number of hydrogen-bond donors (Lipinski definition) is 0. The Labute approximate surface area is 143 Å². The third kappa shape index (κ3) is 3.25. The summed E-state index contributed by atoms with van der Waals surface area (Å²) in [7, 11) is 0. The van der Waals surface area contributed by atoms with Crippen molar-refractivity contribution in [3.63, 3.8) is 0 Å². The molecule has 0 bridgehead atoms. The van der Waals surface area contributed by atoms with Crippen LogP contribution in [0.15, 0.2) is 65.3 Å². The molecule has 7 nitrogen and oxygen atoms in total. The summed E-state index contributed by atoms with van der Waals surface area (Å²) in [5.74, 6) is 2.05. The number of nitrogens with zero attached hydrogens (tertiary/aromatic N) is 5. The van der Waals surface area contributed by atoms with Crippen molar-refractivity contribution in [1.29, 1.82) is 0 Å². The molecule has 0 aliphatic heterocycles. The number of aryl methyl sites for hydroxylation is 1. The van der Waals surface area contributed by atoms with Crippen LogP contribution in [0.2, 0.25) is 0 Å². The topological polar surface area (TPSA) is 78.9 Å². The molecule has 0 aliphatic rings. The van der Waals surface area contributed by atoms with Gasteiger partial charge in [-0.3, -0.25) is 0 Å². The van der Waals surface area contributed by atoms with Crippen LogP contribution >= 0.6 is 0 Å². The van der Waals surface area contributed by atoms with Gasteiger partial charge in [0.25, 0.3) is 0 Å². The molecule has 0 unspecified atom stereocenters. The highest BCUT2D eigenvalue weighted by Crippen LogP contribution is 2.23. The molecule has 0 atom stereocenters. The lowest BCUT2D eigenvalue weighted by molar-refractivity contribution is 0.299. The molecule has 0 amide bonds. The van der Waals surface area contributed by atoms with Crippen LogP contribution in [0.1, 0.15) is 11.5 Å². The Balaban J connectivity index is 1.51. The molecule has 0 radical (unpaired) electrons. The highest BCUT2D eigenvalue weighted by Gasteiger charge is 2.12. The van der Waals surface area contributed by atoms with Gasteiger partial charge in [0.1, 0.15) is 30.1 Å². The predicted octanol–water partition coefficient (Wildman–Crippen LogP) is 3.20. The van der Waals surface area contributed by atoms with Crippen LogP contribution < -0.4 is 4.74 Å². The lowest BCUT2D eigenvalue weighted by Crippen LogP contribution is -1.99. The van der Waals surface area contributed by atoms with E-state index in [9.17, 15) is 0 Å². The zero-order valence-electron chi connectivity index (χ0n) is 13.5. The molecular weight excluding hydrogens is 318 g/mol. The lowest BCUT2D eigenvalue weighted by Gasteiger charge is -2.06. The van der Waals surface area contributed by atoms with Gasteiger partial charge in [-0.15, -0.1) is 5.10 Å². The molecule has 0 aliphatic carbocycles. The highest BCUT2D eigenvalue weighted by atomic mass is 16.5. The molecule has 4 aromatic rings. The van der Waals surface area contributed by atoms with Crippen LogP contribution in [-0.4, -0.2) is 25.2 Å². The summed E-state index contributed by atoms with van der Waals surface area (Å²) in [6.07, 6.45) is 1.53. The van der Waals surface area contributed by atoms with Crippen molar-refractivity contribution < 1.29 is 9.15 Å². The number of oxazole rings is 1. The van der Waals surface area contributed by atoms with E-state index in [0.717, 1.165) is 22.7 Å². The summed E-state index contributed by atoms with van der Waals surface area (Å²) in [6, 6.07) is 17.3. The van der Waals surface area contributed by atoms with Crippen molar-refractivity contribution in [1.82, 2.24) is 25.2 Å². The van der Waals surface area contributed by atoms with Gasteiger partial charge in [0.05, 0.1) is 5.69 Å². The van der Waals surface area contributed by atoms with E-state index in [0.29, 0.717) is 18.2 Å². The normalized spacial score (nSPS) is 10.8. The zero-order chi connectivity index (χ0) is 17.1. The number of aromatic nitrogens is 5. The maximum absolute atomic E-state index is 5.86. The molecule has 7 heteroatoms. The molecule has 124 valence electrons. The first-order valence-corrected chi connectivity index (χ1v) is 7.77. The monoisotopic (exact) mass is 333 g/mol. The molecule has 2 aromatic heterocycles. The fourth-order valence-corrected chi connectivity index (χ4v) is 2.41. The fraction of sp³-hybridized carbons (Fsp3) is 0.111. The first-order chi connectivity index (χ1) is 12.3. The number of hydrogen-bond acceptors (Lipinski definition) is 6. The molecule has 25 heavy (non-hydrogen) atoms. The van der Waals surface area contributed by atoms with Crippen molar-refractivity contribution in [2.24, 2.45) is 0 Å². The minimum Gasteiger partial charge on any atom is -0.487 e. The molecule has 2 aromatic carbocycles. The predicted molar refractivity (Wildman–Crippen MR) is 90.2 cm³/mol. The van der Waals surface area contributed by atoms with Crippen molar-refractivity contribution in [2.45, 2.75) is 13.5 Å². The van der Waals surface area contributed by atoms with Gasteiger partial charge in [0.15, 0.2) is 0 Å². The smallest absolute Gasteiger partial charge is 0.226 e. The summed E-state index contributed by atoms with van der Waals surface area (Å²) >= 11 is 0. The largest absolute Gasteiger partial charge is 0.487 e. The van der Waals surface area contributed by atoms with Crippen molar-refractivity contribution in [3.05, 3.63) is 72.4 Å². The first kappa shape index (κ1) is 15.1. The average Bonchev–Trinajstić information content (AvgIpc) is 3.31. The maximum Gasteiger partial charge on any atom is 0.226 e. The number of benzene rings is 2. The number of ether oxygens (including phenoxy) is 1. The van der Waals surface area contributed by atoms with Crippen LogP contribution in [0.3, 0.4) is 0 Å². The minimum atomic E-state index is 0.321. The van der Waals surface area contributed by atoms with Gasteiger partial charge in [-0.25, -0.2) is 9.67 Å². The second kappa shape index (κ2) is 6.56. The zero-order valence-corrected chi connectivity index (χ0v) is 13.5. The Kier molecular flexibility index (Phi) is 3.96. The number of rotatable bonds is 5. The molecular formula is C18H15N5O2. The molecule has 0 spiro atoms. The molecule has 2 heterocycles. The van der Waals surface area contributed by atoms with Gasteiger partial charge in [0, 0.05) is 11.6 Å². The van der Waals surface area contributed by atoms with E-state index in [4.69, 9.17) is 9.15 Å². The van der Waals surface area contributed by atoms with Crippen molar-refractivity contribution in [3.8, 4) is 22.9 Å². The van der Waals surface area contributed by atoms with E-state index in [1.807, 2.05) is 61.5 Å². The Morgan fingerprint density at radius 1 is 1.08 bits per heavy atom. The van der Waals surface area contributed by atoms with E-state index in [-0.39, 0.29) is 0 Å². The van der Waals surface area contributed by atoms with E-state index < -0.39 is 0 Å². The fourth-order valence-electron chi connectivity index (χ4n) is 2.41. The summed E-state index contributed by atoms with van der Waals surface area (Å²) < 4.78 is 13.2. The van der Waals surface area contributed by atoms with Crippen LogP contribution in [0, 0.1) is 6.92 Å². The molecule has 0 saturated carbocycles. The maximum atomic E-state index is 5.86. The van der Waals surface area contributed by atoms with Gasteiger partial charge in [-0.2, -0.15) is 0 Å². The molecule has 4 rings (SSSR count). The van der Waals surface area contributed by atoms with Crippen molar-refractivity contribution in [2.75, 3.05) is 0 Å². The Bertz CT molecular complexity index is 964. The van der Waals surface area contributed by atoms with Gasteiger partial charge in [0.2, 0.25) is 5.89 Å².